The Morgan fingerprint density at radius 3 is 1.61 bits per heavy atom. The van der Waals surface area contributed by atoms with E-state index < -0.39 is 5.97 Å². The molecule has 4 nitrogen and oxygen atoms in total. The largest absolute Gasteiger partial charge is 0.481 e. The minimum absolute atomic E-state index is 0.0528. The van der Waals surface area contributed by atoms with Crippen molar-refractivity contribution in [2.75, 3.05) is 0 Å². The lowest BCUT2D eigenvalue weighted by Gasteiger charge is -2.17. The van der Waals surface area contributed by atoms with Gasteiger partial charge in [0.05, 0.1) is 0 Å². The second-order valence-corrected chi connectivity index (χ2v) is 10.3. The van der Waals surface area contributed by atoms with Crippen molar-refractivity contribution in [2.45, 2.75) is 155 Å². The van der Waals surface area contributed by atoms with Gasteiger partial charge >= 0.3 is 11.9 Å². The van der Waals surface area contributed by atoms with E-state index in [1.807, 2.05) is 0 Å². The highest BCUT2D eigenvalue weighted by atomic mass is 16.5. The molecule has 0 aliphatic rings. The first kappa shape index (κ1) is 35.9. The molecule has 0 rings (SSSR count). The van der Waals surface area contributed by atoms with Gasteiger partial charge in [0.1, 0.15) is 6.10 Å². The molecule has 0 aliphatic carbocycles. The molecule has 0 aliphatic heterocycles. The first-order valence-electron chi connectivity index (χ1n) is 15.6. The van der Waals surface area contributed by atoms with Crippen LogP contribution in [0.5, 0.6) is 0 Å². The standard InChI is InChI=1S/C34H58O4/c1-3-5-7-9-11-13-14-15-16-17-18-19-20-21-23-25-27-29-34(37)38-32(30-31-33(35)36)28-26-24-22-12-10-8-6-4-2/h11,13,15-16,18-19,21,23,32H,3-10,12,14,17,20,22,24-31H2,1-2H3,(H,35,36)/b13-11-,16-15-,19-18-,23-21-. The predicted molar refractivity (Wildman–Crippen MR) is 162 cm³/mol. The Morgan fingerprint density at radius 1 is 0.579 bits per heavy atom. The van der Waals surface area contributed by atoms with Crippen LogP contribution in [0.15, 0.2) is 48.6 Å². The molecule has 218 valence electrons. The Bertz CT molecular complexity index is 659. The normalized spacial score (nSPS) is 12.9. The maximum absolute atomic E-state index is 12.3. The summed E-state index contributed by atoms with van der Waals surface area (Å²) in [7, 11) is 0. The Labute approximate surface area is 234 Å². The molecule has 4 heteroatoms. The summed E-state index contributed by atoms with van der Waals surface area (Å²) in [5, 5.41) is 9.02. The predicted octanol–water partition coefficient (Wildman–Crippen LogP) is 10.4. The van der Waals surface area contributed by atoms with Gasteiger partial charge in [0.15, 0.2) is 0 Å². The Hall–Kier alpha value is -2.10. The molecule has 0 saturated carbocycles. The van der Waals surface area contributed by atoms with Gasteiger partial charge in [-0.25, -0.2) is 0 Å². The maximum atomic E-state index is 12.3. The number of aliphatic carboxylic acids is 1. The number of unbranched alkanes of at least 4 members (excludes halogenated alkanes) is 11. The number of carbonyl (C=O) groups excluding carboxylic acids is 1. The molecule has 1 unspecified atom stereocenters. The van der Waals surface area contributed by atoms with Crippen LogP contribution < -0.4 is 0 Å². The molecule has 0 saturated heterocycles. The van der Waals surface area contributed by atoms with Gasteiger partial charge in [-0.05, 0) is 64.2 Å². The molecule has 0 fully saturated rings. The number of rotatable bonds is 27. The summed E-state index contributed by atoms with van der Waals surface area (Å²) >= 11 is 0. The zero-order valence-electron chi connectivity index (χ0n) is 24.7. The molecule has 0 bridgehead atoms. The van der Waals surface area contributed by atoms with E-state index in [1.54, 1.807) is 0 Å². The highest BCUT2D eigenvalue weighted by Gasteiger charge is 2.15. The van der Waals surface area contributed by atoms with Crippen molar-refractivity contribution in [3.63, 3.8) is 0 Å². The summed E-state index contributed by atoms with van der Waals surface area (Å²) in [4.78, 5) is 23.3. The average Bonchev–Trinajstić information content (AvgIpc) is 2.90. The van der Waals surface area contributed by atoms with Gasteiger partial charge in [0.25, 0.3) is 0 Å². The van der Waals surface area contributed by atoms with Gasteiger partial charge in [0, 0.05) is 12.8 Å². The molecule has 1 atom stereocenters. The third-order valence-electron chi connectivity index (χ3n) is 6.57. The molecule has 0 aromatic heterocycles. The Morgan fingerprint density at radius 2 is 1.05 bits per heavy atom. The fraction of sp³-hybridized carbons (Fsp3) is 0.706. The molecule has 1 N–H and O–H groups in total. The van der Waals surface area contributed by atoms with Gasteiger partial charge in [-0.3, -0.25) is 9.59 Å². The molecule has 0 aromatic rings. The first-order chi connectivity index (χ1) is 18.6. The topological polar surface area (TPSA) is 63.6 Å². The number of carbonyl (C=O) groups is 2. The average molecular weight is 531 g/mol. The van der Waals surface area contributed by atoms with E-state index in [0.29, 0.717) is 12.8 Å². The molecular formula is C34H58O4. The van der Waals surface area contributed by atoms with Crippen LogP contribution in [0.2, 0.25) is 0 Å². The third kappa shape index (κ3) is 28.5. The van der Waals surface area contributed by atoms with Gasteiger partial charge in [0.2, 0.25) is 0 Å². The summed E-state index contributed by atoms with van der Waals surface area (Å²) in [6.45, 7) is 4.46. The number of esters is 1. The SMILES string of the molecule is CCCCC/C=C\C/C=C\C/C=C\C/C=C\CCCC(=O)OC(CCCCCCCCCC)CCC(=O)O. The monoisotopic (exact) mass is 530 g/mol. The number of hydrogen-bond acceptors (Lipinski definition) is 3. The zero-order valence-corrected chi connectivity index (χ0v) is 24.7. The Balaban J connectivity index is 3.92. The van der Waals surface area contributed by atoms with Gasteiger partial charge in [-0.15, -0.1) is 0 Å². The molecular weight excluding hydrogens is 472 g/mol. The number of carboxylic acids is 1. The van der Waals surface area contributed by atoms with Crippen LogP contribution in [-0.4, -0.2) is 23.1 Å². The summed E-state index contributed by atoms with van der Waals surface area (Å²) in [6.07, 6.45) is 38.3. The van der Waals surface area contributed by atoms with E-state index in [1.165, 1.54) is 64.2 Å². The van der Waals surface area contributed by atoms with Crippen LogP contribution in [0.1, 0.15) is 149 Å². The molecule has 0 radical (unpaired) electrons. The lowest BCUT2D eigenvalue weighted by atomic mass is 10.0. The van der Waals surface area contributed by atoms with Crippen molar-refractivity contribution < 1.29 is 19.4 Å². The highest BCUT2D eigenvalue weighted by molar-refractivity contribution is 5.70. The second-order valence-electron chi connectivity index (χ2n) is 10.3. The highest BCUT2D eigenvalue weighted by Crippen LogP contribution is 2.16. The van der Waals surface area contributed by atoms with Crippen LogP contribution in [0.3, 0.4) is 0 Å². The quantitative estimate of drug-likeness (QED) is 0.0651. The summed E-state index contributed by atoms with van der Waals surface area (Å²) in [5.74, 6) is -1.03. The van der Waals surface area contributed by atoms with Crippen molar-refractivity contribution in [1.29, 1.82) is 0 Å². The molecule has 0 heterocycles. The van der Waals surface area contributed by atoms with Crippen LogP contribution in [-0.2, 0) is 14.3 Å². The van der Waals surface area contributed by atoms with E-state index in [4.69, 9.17) is 9.84 Å². The summed E-state index contributed by atoms with van der Waals surface area (Å²) < 4.78 is 5.64. The molecule has 0 spiro atoms. The fourth-order valence-corrected chi connectivity index (χ4v) is 4.22. The van der Waals surface area contributed by atoms with Crippen LogP contribution in [0.4, 0.5) is 0 Å². The van der Waals surface area contributed by atoms with Crippen LogP contribution in [0, 0.1) is 0 Å². The van der Waals surface area contributed by atoms with E-state index >= 15 is 0 Å². The van der Waals surface area contributed by atoms with Crippen molar-refractivity contribution in [3.05, 3.63) is 48.6 Å². The van der Waals surface area contributed by atoms with Crippen molar-refractivity contribution in [3.8, 4) is 0 Å². The number of hydrogen-bond donors (Lipinski definition) is 1. The second kappa shape index (κ2) is 29.5. The van der Waals surface area contributed by atoms with E-state index in [2.05, 4.69) is 62.5 Å². The van der Waals surface area contributed by atoms with Crippen molar-refractivity contribution in [1.82, 2.24) is 0 Å². The van der Waals surface area contributed by atoms with Gasteiger partial charge < -0.3 is 9.84 Å². The minimum Gasteiger partial charge on any atom is -0.481 e. The zero-order chi connectivity index (χ0) is 27.9. The molecule has 0 aromatic carbocycles. The first-order valence-corrected chi connectivity index (χ1v) is 15.6. The van der Waals surface area contributed by atoms with Crippen LogP contribution in [0.25, 0.3) is 0 Å². The molecule has 38 heavy (non-hydrogen) atoms. The smallest absolute Gasteiger partial charge is 0.306 e. The van der Waals surface area contributed by atoms with Crippen molar-refractivity contribution in [2.24, 2.45) is 0 Å². The number of ether oxygens (including phenoxy) is 1. The van der Waals surface area contributed by atoms with E-state index in [-0.39, 0.29) is 18.5 Å². The summed E-state index contributed by atoms with van der Waals surface area (Å²) in [6, 6.07) is 0. The fourth-order valence-electron chi connectivity index (χ4n) is 4.22. The lowest BCUT2D eigenvalue weighted by Crippen LogP contribution is -2.19. The Kier molecular flexibility index (Phi) is 27.8. The number of carboxylic acid groups (broad SMARTS) is 1. The number of allylic oxidation sites excluding steroid dienone is 8. The lowest BCUT2D eigenvalue weighted by molar-refractivity contribution is -0.151. The van der Waals surface area contributed by atoms with E-state index in [0.717, 1.165) is 51.4 Å². The maximum Gasteiger partial charge on any atom is 0.306 e. The third-order valence-corrected chi connectivity index (χ3v) is 6.57. The summed E-state index contributed by atoms with van der Waals surface area (Å²) in [5.41, 5.74) is 0. The van der Waals surface area contributed by atoms with Gasteiger partial charge in [-0.2, -0.15) is 0 Å². The minimum atomic E-state index is -0.831. The van der Waals surface area contributed by atoms with Crippen LogP contribution >= 0.6 is 0 Å². The van der Waals surface area contributed by atoms with Crippen molar-refractivity contribution >= 4 is 11.9 Å². The van der Waals surface area contributed by atoms with E-state index in [9.17, 15) is 9.59 Å². The molecule has 0 amide bonds. The van der Waals surface area contributed by atoms with Gasteiger partial charge in [-0.1, -0.05) is 120 Å².